The van der Waals surface area contributed by atoms with E-state index in [0.29, 0.717) is 9.23 Å². The van der Waals surface area contributed by atoms with Gasteiger partial charge in [0.05, 0.1) is 10.6 Å². The number of amides is 1. The first kappa shape index (κ1) is 15.3. The number of carbonyl (C=O) groups excluding carboxylic acids is 1. The molecular formula is C16H14N2OS3. The number of thiocarbonyl (C=S) groups is 1. The molecule has 0 spiro atoms. The van der Waals surface area contributed by atoms with E-state index in [2.05, 4.69) is 0 Å². The van der Waals surface area contributed by atoms with Crippen LogP contribution in [0.2, 0.25) is 0 Å². The number of carbonyl (C=O) groups is 1. The van der Waals surface area contributed by atoms with E-state index in [1.54, 1.807) is 16.2 Å². The van der Waals surface area contributed by atoms with Crippen LogP contribution in [0.4, 0.5) is 11.4 Å². The number of anilines is 2. The first-order chi connectivity index (χ1) is 10.6. The molecule has 0 N–H and O–H groups in total. The summed E-state index contributed by atoms with van der Waals surface area (Å²) in [4.78, 5) is 17.9. The van der Waals surface area contributed by atoms with Gasteiger partial charge in [0.25, 0.3) is 5.91 Å². The van der Waals surface area contributed by atoms with Crippen LogP contribution in [0.5, 0.6) is 0 Å². The highest BCUT2D eigenvalue weighted by atomic mass is 32.2. The van der Waals surface area contributed by atoms with E-state index >= 15 is 0 Å². The van der Waals surface area contributed by atoms with Gasteiger partial charge in [-0.2, -0.15) is 0 Å². The molecule has 1 aromatic carbocycles. The molecule has 3 nitrogen and oxygen atoms in total. The van der Waals surface area contributed by atoms with Crippen molar-refractivity contribution in [2.45, 2.75) is 0 Å². The minimum atomic E-state index is -0.0546. The van der Waals surface area contributed by atoms with Gasteiger partial charge < -0.3 is 4.90 Å². The normalized spacial score (nSPS) is 16.6. The molecule has 1 amide bonds. The highest BCUT2D eigenvalue weighted by Gasteiger charge is 2.33. The summed E-state index contributed by atoms with van der Waals surface area (Å²) in [5.74, 6) is -0.0546. The van der Waals surface area contributed by atoms with E-state index in [1.807, 2.05) is 66.8 Å². The third-order valence-corrected chi connectivity index (χ3v) is 5.36. The highest BCUT2D eigenvalue weighted by molar-refractivity contribution is 8.27. The Morgan fingerprint density at radius 2 is 1.91 bits per heavy atom. The first-order valence-corrected chi connectivity index (χ1v) is 8.75. The van der Waals surface area contributed by atoms with E-state index in [4.69, 9.17) is 12.2 Å². The maximum absolute atomic E-state index is 12.6. The number of thiophene rings is 1. The Morgan fingerprint density at radius 3 is 2.50 bits per heavy atom. The summed E-state index contributed by atoms with van der Waals surface area (Å²) in [6.45, 7) is 0. The van der Waals surface area contributed by atoms with Crippen LogP contribution in [0.1, 0.15) is 4.88 Å². The van der Waals surface area contributed by atoms with Gasteiger partial charge in [-0.05, 0) is 41.8 Å². The van der Waals surface area contributed by atoms with Gasteiger partial charge in [-0.1, -0.05) is 30.0 Å². The molecule has 1 aliphatic heterocycles. The van der Waals surface area contributed by atoms with Crippen LogP contribution in [0.25, 0.3) is 6.08 Å². The second-order valence-electron chi connectivity index (χ2n) is 4.94. The first-order valence-electron chi connectivity index (χ1n) is 6.65. The Morgan fingerprint density at radius 1 is 1.18 bits per heavy atom. The van der Waals surface area contributed by atoms with Crippen molar-refractivity contribution in [2.75, 3.05) is 23.9 Å². The fourth-order valence-corrected chi connectivity index (χ4v) is 4.11. The average Bonchev–Trinajstić information content (AvgIpc) is 3.09. The molecule has 6 heteroatoms. The monoisotopic (exact) mass is 346 g/mol. The molecule has 0 atom stereocenters. The van der Waals surface area contributed by atoms with Gasteiger partial charge >= 0.3 is 0 Å². The summed E-state index contributed by atoms with van der Waals surface area (Å²) in [5, 5.41) is 1.99. The quantitative estimate of drug-likeness (QED) is 0.613. The molecular weight excluding hydrogens is 332 g/mol. The zero-order valence-corrected chi connectivity index (χ0v) is 14.6. The fraction of sp³-hybridized carbons (Fsp3) is 0.125. The molecule has 0 aliphatic carbocycles. The Balaban J connectivity index is 1.88. The highest BCUT2D eigenvalue weighted by Crippen LogP contribution is 2.36. The van der Waals surface area contributed by atoms with E-state index in [9.17, 15) is 4.79 Å². The van der Waals surface area contributed by atoms with Crippen LogP contribution < -0.4 is 9.80 Å². The van der Waals surface area contributed by atoms with Crippen molar-refractivity contribution >= 4 is 63.0 Å². The Bertz CT molecular complexity index is 733. The van der Waals surface area contributed by atoms with Crippen LogP contribution in [-0.4, -0.2) is 24.3 Å². The molecule has 22 heavy (non-hydrogen) atoms. The smallest absolute Gasteiger partial charge is 0.270 e. The zero-order valence-electron chi connectivity index (χ0n) is 12.1. The van der Waals surface area contributed by atoms with E-state index in [0.717, 1.165) is 16.3 Å². The third-order valence-electron chi connectivity index (χ3n) is 3.23. The molecule has 1 aliphatic rings. The van der Waals surface area contributed by atoms with Crippen LogP contribution in [0, 0.1) is 0 Å². The van der Waals surface area contributed by atoms with E-state index in [1.165, 1.54) is 11.8 Å². The predicted molar refractivity (Wildman–Crippen MR) is 101 cm³/mol. The molecule has 112 valence electrons. The minimum absolute atomic E-state index is 0.0546. The van der Waals surface area contributed by atoms with Gasteiger partial charge in [0.2, 0.25) is 0 Å². The predicted octanol–water partition coefficient (Wildman–Crippen LogP) is 4.22. The second kappa shape index (κ2) is 6.24. The van der Waals surface area contributed by atoms with Crippen LogP contribution in [0.3, 0.4) is 0 Å². The fourth-order valence-electron chi connectivity index (χ4n) is 2.09. The van der Waals surface area contributed by atoms with Crippen molar-refractivity contribution < 1.29 is 4.79 Å². The summed E-state index contributed by atoms with van der Waals surface area (Å²) in [5.41, 5.74) is 1.89. The van der Waals surface area contributed by atoms with Gasteiger partial charge in [-0.3, -0.25) is 9.69 Å². The Hall–Kier alpha value is -1.63. The van der Waals surface area contributed by atoms with Crippen molar-refractivity contribution in [3.05, 3.63) is 51.6 Å². The summed E-state index contributed by atoms with van der Waals surface area (Å²) >= 11 is 8.33. The standard InChI is InChI=1S/C16H14N2OS3/c1-17(2)11-5-7-12(8-6-11)18-15(19)14(22-16(18)20)10-13-4-3-9-21-13/h3-10H,1-2H3/b14-10+. The van der Waals surface area contributed by atoms with Crippen molar-refractivity contribution in [1.29, 1.82) is 0 Å². The minimum Gasteiger partial charge on any atom is -0.378 e. The van der Waals surface area contributed by atoms with Gasteiger partial charge in [0.15, 0.2) is 4.32 Å². The SMILES string of the molecule is CN(C)c1ccc(N2C(=O)/C(=C\c3cccs3)SC2=S)cc1. The summed E-state index contributed by atoms with van der Waals surface area (Å²) in [6, 6.07) is 11.8. The molecule has 3 rings (SSSR count). The van der Waals surface area contributed by atoms with Crippen LogP contribution in [-0.2, 0) is 4.79 Å². The summed E-state index contributed by atoms with van der Waals surface area (Å²) in [6.07, 6.45) is 1.90. The van der Waals surface area contributed by atoms with Crippen molar-refractivity contribution in [2.24, 2.45) is 0 Å². The molecule has 0 unspecified atom stereocenters. The third kappa shape index (κ3) is 2.95. The number of nitrogens with zero attached hydrogens (tertiary/aromatic N) is 2. The number of rotatable bonds is 3. The lowest BCUT2D eigenvalue weighted by molar-refractivity contribution is -0.113. The van der Waals surface area contributed by atoms with Crippen molar-refractivity contribution in [3.8, 4) is 0 Å². The lowest BCUT2D eigenvalue weighted by atomic mass is 10.2. The van der Waals surface area contributed by atoms with Crippen LogP contribution >= 0.6 is 35.3 Å². The number of benzene rings is 1. The van der Waals surface area contributed by atoms with E-state index in [-0.39, 0.29) is 5.91 Å². The molecule has 1 aromatic heterocycles. The zero-order chi connectivity index (χ0) is 15.7. The molecule has 0 bridgehead atoms. The molecule has 0 saturated carbocycles. The second-order valence-corrected chi connectivity index (χ2v) is 7.60. The van der Waals surface area contributed by atoms with E-state index < -0.39 is 0 Å². The Kier molecular flexibility index (Phi) is 4.33. The van der Waals surface area contributed by atoms with Crippen molar-refractivity contribution in [3.63, 3.8) is 0 Å². The molecule has 2 aromatic rings. The molecule has 0 radical (unpaired) electrons. The Labute approximate surface area is 143 Å². The average molecular weight is 347 g/mol. The maximum Gasteiger partial charge on any atom is 0.270 e. The number of thioether (sulfide) groups is 1. The topological polar surface area (TPSA) is 23.6 Å². The largest absolute Gasteiger partial charge is 0.378 e. The van der Waals surface area contributed by atoms with Gasteiger partial charge in [-0.15, -0.1) is 11.3 Å². The maximum atomic E-state index is 12.6. The van der Waals surface area contributed by atoms with Gasteiger partial charge in [0.1, 0.15) is 0 Å². The number of hydrogen-bond acceptors (Lipinski definition) is 5. The summed E-state index contributed by atoms with van der Waals surface area (Å²) in [7, 11) is 3.97. The van der Waals surface area contributed by atoms with Crippen LogP contribution in [0.15, 0.2) is 46.7 Å². The molecule has 1 fully saturated rings. The molecule has 1 saturated heterocycles. The van der Waals surface area contributed by atoms with Crippen molar-refractivity contribution in [1.82, 2.24) is 0 Å². The van der Waals surface area contributed by atoms with Gasteiger partial charge in [0, 0.05) is 24.7 Å². The lowest BCUT2D eigenvalue weighted by Crippen LogP contribution is -2.27. The molecule has 2 heterocycles. The van der Waals surface area contributed by atoms with Gasteiger partial charge in [-0.25, -0.2) is 0 Å². The lowest BCUT2D eigenvalue weighted by Gasteiger charge is -2.17. The summed E-state index contributed by atoms with van der Waals surface area (Å²) < 4.78 is 0.574. The number of hydrogen-bond donors (Lipinski definition) is 0.